The third kappa shape index (κ3) is 5.06. The predicted molar refractivity (Wildman–Crippen MR) is 144 cm³/mol. The number of aromatic amines is 1. The van der Waals surface area contributed by atoms with E-state index >= 15 is 0 Å². The number of nitrogens with one attached hydrogen (secondary N) is 1. The van der Waals surface area contributed by atoms with Gasteiger partial charge in [0.15, 0.2) is 11.5 Å². The Morgan fingerprint density at radius 1 is 0.865 bits per heavy atom. The summed E-state index contributed by atoms with van der Waals surface area (Å²) in [6, 6.07) is 30.2. The van der Waals surface area contributed by atoms with Crippen molar-refractivity contribution in [3.05, 3.63) is 118 Å². The number of rotatable bonds is 8. The Morgan fingerprint density at radius 2 is 1.59 bits per heavy atom. The zero-order valence-corrected chi connectivity index (χ0v) is 20.5. The lowest BCUT2D eigenvalue weighted by Crippen LogP contribution is -1.98. The van der Waals surface area contributed by atoms with Crippen molar-refractivity contribution < 1.29 is 14.4 Å². The molecule has 0 saturated carbocycles. The van der Waals surface area contributed by atoms with E-state index in [1.807, 2.05) is 85.8 Å². The number of aromatic nitrogens is 2. The van der Waals surface area contributed by atoms with Gasteiger partial charge in [0, 0.05) is 28.8 Å². The minimum atomic E-state index is -0.387. The number of non-ortho nitro benzene ring substituents is 1. The Bertz CT molecular complexity index is 1550. The molecule has 0 amide bonds. The van der Waals surface area contributed by atoms with Gasteiger partial charge in [0.05, 0.1) is 23.4 Å². The van der Waals surface area contributed by atoms with Crippen LogP contribution in [0.3, 0.4) is 0 Å². The monoisotopic (exact) mass is 491 g/mol. The van der Waals surface area contributed by atoms with Crippen molar-refractivity contribution in [1.29, 1.82) is 0 Å². The van der Waals surface area contributed by atoms with Crippen molar-refractivity contribution in [2.45, 2.75) is 13.5 Å². The van der Waals surface area contributed by atoms with Crippen LogP contribution in [-0.4, -0.2) is 22.0 Å². The molecule has 0 atom stereocenters. The molecule has 184 valence electrons. The molecule has 7 nitrogen and oxygen atoms in total. The first kappa shape index (κ1) is 23.8. The molecular formula is C30H25N3O4. The van der Waals surface area contributed by atoms with Gasteiger partial charge in [-0.2, -0.15) is 0 Å². The molecule has 7 heteroatoms. The van der Waals surface area contributed by atoms with Gasteiger partial charge in [-0.15, -0.1) is 0 Å². The summed E-state index contributed by atoms with van der Waals surface area (Å²) >= 11 is 0. The van der Waals surface area contributed by atoms with Crippen molar-refractivity contribution in [2.24, 2.45) is 0 Å². The summed E-state index contributed by atoms with van der Waals surface area (Å²) < 4.78 is 11.6. The summed E-state index contributed by atoms with van der Waals surface area (Å²) in [5.41, 5.74) is 5.84. The lowest BCUT2D eigenvalue weighted by molar-refractivity contribution is -0.384. The van der Waals surface area contributed by atoms with Gasteiger partial charge in [0.2, 0.25) is 0 Å². The van der Waals surface area contributed by atoms with E-state index in [4.69, 9.17) is 14.5 Å². The maximum Gasteiger partial charge on any atom is 0.270 e. The average molecular weight is 492 g/mol. The van der Waals surface area contributed by atoms with E-state index in [0.717, 1.165) is 27.8 Å². The average Bonchev–Trinajstić information content (AvgIpc) is 3.38. The highest BCUT2D eigenvalue weighted by Crippen LogP contribution is 2.38. The molecule has 0 saturated heterocycles. The van der Waals surface area contributed by atoms with Crippen LogP contribution in [0.1, 0.15) is 11.1 Å². The fourth-order valence-electron chi connectivity index (χ4n) is 4.17. The lowest BCUT2D eigenvalue weighted by atomic mass is 10.0. The summed E-state index contributed by atoms with van der Waals surface area (Å²) in [6.45, 7) is 2.35. The van der Waals surface area contributed by atoms with Gasteiger partial charge >= 0.3 is 0 Å². The van der Waals surface area contributed by atoms with Crippen LogP contribution in [0.2, 0.25) is 0 Å². The number of H-pyrrole nitrogens is 1. The highest BCUT2D eigenvalue weighted by Gasteiger charge is 2.20. The molecule has 1 N–H and O–H groups in total. The molecule has 0 bridgehead atoms. The highest BCUT2D eigenvalue weighted by molar-refractivity contribution is 5.83. The minimum Gasteiger partial charge on any atom is -0.493 e. The molecule has 37 heavy (non-hydrogen) atoms. The molecule has 0 unspecified atom stereocenters. The largest absolute Gasteiger partial charge is 0.493 e. The SMILES string of the molecule is COc1cc(-c2nc(-c3ccccc3)c(-c3cc([N+](=O)[O-])ccc3C)[nH]2)ccc1OCc1ccccc1. The van der Waals surface area contributed by atoms with Crippen molar-refractivity contribution in [3.8, 4) is 45.4 Å². The summed E-state index contributed by atoms with van der Waals surface area (Å²) in [5.74, 6) is 1.83. The van der Waals surface area contributed by atoms with E-state index in [2.05, 4.69) is 4.98 Å². The summed E-state index contributed by atoms with van der Waals surface area (Å²) in [6.07, 6.45) is 0. The Morgan fingerprint density at radius 3 is 2.30 bits per heavy atom. The zero-order valence-electron chi connectivity index (χ0n) is 20.5. The van der Waals surface area contributed by atoms with Crippen LogP contribution in [0.4, 0.5) is 5.69 Å². The molecule has 1 heterocycles. The first-order chi connectivity index (χ1) is 18.0. The second-order valence-corrected chi connectivity index (χ2v) is 8.57. The fourth-order valence-corrected chi connectivity index (χ4v) is 4.17. The fraction of sp³-hybridized carbons (Fsp3) is 0.100. The molecule has 1 aromatic heterocycles. The molecule has 5 aromatic rings. The molecule has 4 aromatic carbocycles. The van der Waals surface area contributed by atoms with Gasteiger partial charge in [0.1, 0.15) is 12.4 Å². The summed E-state index contributed by atoms with van der Waals surface area (Å²) in [4.78, 5) is 19.4. The number of ether oxygens (including phenoxy) is 2. The lowest BCUT2D eigenvalue weighted by Gasteiger charge is -2.12. The Hall–Kier alpha value is -4.91. The van der Waals surface area contributed by atoms with E-state index in [9.17, 15) is 10.1 Å². The van der Waals surface area contributed by atoms with Gasteiger partial charge in [-0.3, -0.25) is 10.1 Å². The smallest absolute Gasteiger partial charge is 0.270 e. The first-order valence-corrected chi connectivity index (χ1v) is 11.8. The van der Waals surface area contributed by atoms with Gasteiger partial charge in [-0.25, -0.2) is 4.98 Å². The van der Waals surface area contributed by atoms with Crippen molar-refractivity contribution >= 4 is 5.69 Å². The third-order valence-electron chi connectivity index (χ3n) is 6.13. The number of imidazole rings is 1. The second kappa shape index (κ2) is 10.4. The number of aryl methyl sites for hydroxylation is 1. The van der Waals surface area contributed by atoms with E-state index < -0.39 is 0 Å². The third-order valence-corrected chi connectivity index (χ3v) is 6.13. The molecule has 0 aliphatic carbocycles. The van der Waals surface area contributed by atoms with Crippen LogP contribution in [0.15, 0.2) is 97.1 Å². The number of nitrogens with zero attached hydrogens (tertiary/aromatic N) is 2. The number of methoxy groups -OCH3 is 1. The zero-order chi connectivity index (χ0) is 25.8. The van der Waals surface area contributed by atoms with Crippen LogP contribution >= 0.6 is 0 Å². The Labute approximate surface area is 214 Å². The van der Waals surface area contributed by atoms with Crippen molar-refractivity contribution in [2.75, 3.05) is 7.11 Å². The number of nitro groups is 1. The first-order valence-electron chi connectivity index (χ1n) is 11.8. The van der Waals surface area contributed by atoms with Gasteiger partial charge in [0.25, 0.3) is 5.69 Å². The highest BCUT2D eigenvalue weighted by atomic mass is 16.6. The topological polar surface area (TPSA) is 90.3 Å². The molecule has 0 aliphatic heterocycles. The number of nitro benzene ring substituents is 1. The van der Waals surface area contributed by atoms with E-state index in [-0.39, 0.29) is 10.6 Å². The maximum absolute atomic E-state index is 11.5. The normalized spacial score (nSPS) is 10.8. The summed E-state index contributed by atoms with van der Waals surface area (Å²) in [5, 5.41) is 11.5. The quantitative estimate of drug-likeness (QED) is 0.183. The van der Waals surface area contributed by atoms with Crippen LogP contribution in [-0.2, 0) is 6.61 Å². The van der Waals surface area contributed by atoms with Crippen LogP contribution < -0.4 is 9.47 Å². The predicted octanol–water partition coefficient (Wildman–Crippen LogP) is 7.21. The number of hydrogen-bond acceptors (Lipinski definition) is 5. The maximum atomic E-state index is 11.5. The van der Waals surface area contributed by atoms with Crippen LogP contribution in [0.5, 0.6) is 11.5 Å². The Kier molecular flexibility index (Phi) is 6.68. The molecule has 5 rings (SSSR count). The van der Waals surface area contributed by atoms with Gasteiger partial charge in [-0.1, -0.05) is 66.7 Å². The minimum absolute atomic E-state index is 0.0253. The van der Waals surface area contributed by atoms with Crippen LogP contribution in [0.25, 0.3) is 33.9 Å². The summed E-state index contributed by atoms with van der Waals surface area (Å²) in [7, 11) is 1.60. The van der Waals surface area contributed by atoms with Crippen LogP contribution in [0, 0.1) is 17.0 Å². The number of hydrogen-bond donors (Lipinski definition) is 1. The van der Waals surface area contributed by atoms with E-state index in [0.29, 0.717) is 35.3 Å². The molecule has 0 radical (unpaired) electrons. The van der Waals surface area contributed by atoms with Crippen molar-refractivity contribution in [1.82, 2.24) is 9.97 Å². The molecule has 0 fully saturated rings. The second-order valence-electron chi connectivity index (χ2n) is 8.57. The van der Waals surface area contributed by atoms with E-state index in [1.54, 1.807) is 19.2 Å². The standard InChI is InChI=1S/C30H25N3O4/c1-20-13-15-24(33(34)35)18-25(20)29-28(22-11-7-4-8-12-22)31-30(32-29)23-14-16-26(27(17-23)36-2)37-19-21-9-5-3-6-10-21/h3-18H,19H2,1-2H3,(H,31,32). The Balaban J connectivity index is 1.56. The molecular weight excluding hydrogens is 466 g/mol. The van der Waals surface area contributed by atoms with Gasteiger partial charge in [-0.05, 0) is 36.2 Å². The molecule has 0 spiro atoms. The van der Waals surface area contributed by atoms with E-state index in [1.165, 1.54) is 6.07 Å². The van der Waals surface area contributed by atoms with Crippen molar-refractivity contribution in [3.63, 3.8) is 0 Å². The van der Waals surface area contributed by atoms with Gasteiger partial charge < -0.3 is 14.5 Å². The number of benzene rings is 4. The molecule has 0 aliphatic rings.